The van der Waals surface area contributed by atoms with Crippen LogP contribution in [-0.4, -0.2) is 11.9 Å². The lowest BCUT2D eigenvalue weighted by molar-refractivity contribution is 0.0926. The smallest absolute Gasteiger partial charge is 0.255 e. The van der Waals surface area contributed by atoms with E-state index in [2.05, 4.69) is 19.2 Å². The highest BCUT2D eigenvalue weighted by molar-refractivity contribution is 6.31. The van der Waals surface area contributed by atoms with Gasteiger partial charge in [-0.05, 0) is 36.6 Å². The molecule has 1 atom stereocenters. The summed E-state index contributed by atoms with van der Waals surface area (Å²) in [6.07, 6.45) is 0. The van der Waals surface area contributed by atoms with Crippen LogP contribution in [0.25, 0.3) is 0 Å². The lowest BCUT2D eigenvalue weighted by atomic mass is 10.1. The molecule has 23 heavy (non-hydrogen) atoms. The van der Waals surface area contributed by atoms with Gasteiger partial charge in [0.05, 0.1) is 5.56 Å². The highest BCUT2D eigenvalue weighted by Gasteiger charge is 2.17. The fraction of sp³-hybridized carbons (Fsp3) is 0.316. The fourth-order valence-corrected chi connectivity index (χ4v) is 2.16. The van der Waals surface area contributed by atoms with Crippen LogP contribution in [0.2, 0.25) is 5.02 Å². The van der Waals surface area contributed by atoms with E-state index in [1.165, 1.54) is 0 Å². The number of amides is 1. The molecule has 0 saturated heterocycles. The number of carbonyl (C=O) groups excluding carboxylic acids is 1. The molecule has 2 aromatic rings. The average Bonchev–Trinajstić information content (AvgIpc) is 2.54. The first kappa shape index (κ1) is 17.4. The second kappa shape index (κ2) is 8.02. The van der Waals surface area contributed by atoms with Crippen molar-refractivity contribution in [2.45, 2.75) is 33.4 Å². The molecule has 0 radical (unpaired) electrons. The zero-order valence-electron chi connectivity index (χ0n) is 13.7. The van der Waals surface area contributed by atoms with Gasteiger partial charge in [-0.15, -0.1) is 0 Å². The third kappa shape index (κ3) is 5.00. The summed E-state index contributed by atoms with van der Waals surface area (Å²) in [4.78, 5) is 12.5. The molecule has 3 nitrogen and oxygen atoms in total. The highest BCUT2D eigenvalue weighted by atomic mass is 35.5. The molecule has 0 fully saturated rings. The third-order valence-corrected chi connectivity index (χ3v) is 4.02. The number of hydrogen-bond acceptors (Lipinski definition) is 2. The van der Waals surface area contributed by atoms with Crippen molar-refractivity contribution in [3.63, 3.8) is 0 Å². The third-order valence-electron chi connectivity index (χ3n) is 3.78. The Hall–Kier alpha value is -2.00. The van der Waals surface area contributed by atoms with Crippen LogP contribution in [0, 0.1) is 5.92 Å². The summed E-state index contributed by atoms with van der Waals surface area (Å²) in [5, 5.41) is 3.50. The molecule has 1 amide bonds. The molecule has 0 aromatic heterocycles. The van der Waals surface area contributed by atoms with Gasteiger partial charge in [0.15, 0.2) is 0 Å². The SMILES string of the molecule is CC(C)[C@@H](C)NC(=O)c1cc(Cl)ccc1OCc1ccccc1. The minimum Gasteiger partial charge on any atom is -0.488 e. The normalized spacial score (nSPS) is 12.0. The predicted octanol–water partition coefficient (Wildman–Crippen LogP) is 4.69. The predicted molar refractivity (Wildman–Crippen MR) is 94.0 cm³/mol. The summed E-state index contributed by atoms with van der Waals surface area (Å²) < 4.78 is 5.82. The molecular formula is C19H22ClNO2. The largest absolute Gasteiger partial charge is 0.488 e. The van der Waals surface area contributed by atoms with E-state index in [4.69, 9.17) is 16.3 Å². The first-order valence-electron chi connectivity index (χ1n) is 7.74. The Balaban J connectivity index is 2.15. The van der Waals surface area contributed by atoms with Gasteiger partial charge in [0, 0.05) is 11.1 Å². The maximum absolute atomic E-state index is 12.5. The van der Waals surface area contributed by atoms with Crippen molar-refractivity contribution in [2.75, 3.05) is 0 Å². The topological polar surface area (TPSA) is 38.3 Å². The molecule has 0 aliphatic rings. The highest BCUT2D eigenvalue weighted by Crippen LogP contribution is 2.24. The van der Waals surface area contributed by atoms with Crippen LogP contribution in [0.15, 0.2) is 48.5 Å². The van der Waals surface area contributed by atoms with Gasteiger partial charge in [-0.3, -0.25) is 4.79 Å². The molecule has 0 spiro atoms. The van der Waals surface area contributed by atoms with E-state index >= 15 is 0 Å². The summed E-state index contributed by atoms with van der Waals surface area (Å²) in [6.45, 7) is 6.52. The molecule has 2 rings (SSSR count). The number of ether oxygens (including phenoxy) is 1. The van der Waals surface area contributed by atoms with Crippen LogP contribution >= 0.6 is 11.6 Å². The van der Waals surface area contributed by atoms with Crippen molar-refractivity contribution in [1.82, 2.24) is 5.32 Å². The van der Waals surface area contributed by atoms with Gasteiger partial charge in [-0.1, -0.05) is 55.8 Å². The second-order valence-corrected chi connectivity index (χ2v) is 6.36. The quantitative estimate of drug-likeness (QED) is 0.833. The Morgan fingerprint density at radius 3 is 2.48 bits per heavy atom. The molecule has 0 heterocycles. The lowest BCUT2D eigenvalue weighted by Gasteiger charge is -2.19. The van der Waals surface area contributed by atoms with E-state index in [1.807, 2.05) is 37.3 Å². The van der Waals surface area contributed by atoms with Crippen molar-refractivity contribution >= 4 is 17.5 Å². The van der Waals surface area contributed by atoms with Crippen molar-refractivity contribution < 1.29 is 9.53 Å². The Morgan fingerprint density at radius 1 is 1.13 bits per heavy atom. The molecule has 122 valence electrons. The molecular weight excluding hydrogens is 310 g/mol. The second-order valence-electron chi connectivity index (χ2n) is 5.92. The number of carbonyl (C=O) groups is 1. The number of nitrogens with one attached hydrogen (secondary N) is 1. The van der Waals surface area contributed by atoms with Gasteiger partial charge in [0.2, 0.25) is 0 Å². The number of halogens is 1. The molecule has 0 aliphatic carbocycles. The molecule has 4 heteroatoms. The van der Waals surface area contributed by atoms with E-state index in [1.54, 1.807) is 18.2 Å². The van der Waals surface area contributed by atoms with Crippen LogP contribution in [0.4, 0.5) is 0 Å². The lowest BCUT2D eigenvalue weighted by Crippen LogP contribution is -2.36. The van der Waals surface area contributed by atoms with Gasteiger partial charge >= 0.3 is 0 Å². The van der Waals surface area contributed by atoms with Crippen LogP contribution in [-0.2, 0) is 6.61 Å². The molecule has 2 aromatic carbocycles. The van der Waals surface area contributed by atoms with E-state index in [0.29, 0.717) is 28.9 Å². The Morgan fingerprint density at radius 2 is 1.83 bits per heavy atom. The summed E-state index contributed by atoms with van der Waals surface area (Å²) in [7, 11) is 0. The maximum Gasteiger partial charge on any atom is 0.255 e. The van der Waals surface area contributed by atoms with Gasteiger partial charge in [-0.25, -0.2) is 0 Å². The Labute approximate surface area is 142 Å². The van der Waals surface area contributed by atoms with Crippen molar-refractivity contribution in [3.8, 4) is 5.75 Å². The molecule has 0 unspecified atom stereocenters. The van der Waals surface area contributed by atoms with E-state index < -0.39 is 0 Å². The van der Waals surface area contributed by atoms with Crippen molar-refractivity contribution in [1.29, 1.82) is 0 Å². The molecule has 1 N–H and O–H groups in total. The molecule has 0 aliphatic heterocycles. The fourth-order valence-electron chi connectivity index (χ4n) is 1.99. The standard InChI is InChI=1S/C19H22ClNO2/c1-13(2)14(3)21-19(22)17-11-16(20)9-10-18(17)23-12-15-7-5-4-6-8-15/h4-11,13-14H,12H2,1-3H3,(H,21,22)/t14-/m1/s1. The van der Waals surface area contributed by atoms with Crippen molar-refractivity contribution in [3.05, 3.63) is 64.7 Å². The van der Waals surface area contributed by atoms with Gasteiger partial charge < -0.3 is 10.1 Å². The average molecular weight is 332 g/mol. The molecule has 0 saturated carbocycles. The number of rotatable bonds is 6. The van der Waals surface area contributed by atoms with Gasteiger partial charge in [0.25, 0.3) is 5.91 Å². The monoisotopic (exact) mass is 331 g/mol. The van der Waals surface area contributed by atoms with Crippen LogP contribution in [0.1, 0.15) is 36.7 Å². The summed E-state index contributed by atoms with van der Waals surface area (Å²) in [5.74, 6) is 0.718. The van der Waals surface area contributed by atoms with E-state index in [9.17, 15) is 4.79 Å². The van der Waals surface area contributed by atoms with Crippen LogP contribution in [0.5, 0.6) is 5.75 Å². The molecule has 0 bridgehead atoms. The first-order chi connectivity index (χ1) is 11.0. The minimum absolute atomic E-state index is 0.0726. The van der Waals surface area contributed by atoms with E-state index in [0.717, 1.165) is 5.56 Å². The number of benzene rings is 2. The van der Waals surface area contributed by atoms with Crippen LogP contribution in [0.3, 0.4) is 0 Å². The summed E-state index contributed by atoms with van der Waals surface area (Å²) in [6, 6.07) is 15.0. The summed E-state index contributed by atoms with van der Waals surface area (Å²) in [5.41, 5.74) is 1.50. The number of hydrogen-bond donors (Lipinski definition) is 1. The summed E-state index contributed by atoms with van der Waals surface area (Å²) >= 11 is 6.04. The first-order valence-corrected chi connectivity index (χ1v) is 8.12. The Bertz CT molecular complexity index is 656. The zero-order valence-corrected chi connectivity index (χ0v) is 14.4. The van der Waals surface area contributed by atoms with Gasteiger partial charge in [-0.2, -0.15) is 0 Å². The zero-order chi connectivity index (χ0) is 16.8. The van der Waals surface area contributed by atoms with Crippen molar-refractivity contribution in [2.24, 2.45) is 5.92 Å². The Kier molecular flexibility index (Phi) is 6.05. The van der Waals surface area contributed by atoms with E-state index in [-0.39, 0.29) is 11.9 Å². The maximum atomic E-state index is 12.5. The minimum atomic E-state index is -0.170. The van der Waals surface area contributed by atoms with Crippen LogP contribution < -0.4 is 10.1 Å². The van der Waals surface area contributed by atoms with Gasteiger partial charge in [0.1, 0.15) is 12.4 Å².